The van der Waals surface area contributed by atoms with Crippen molar-refractivity contribution in [1.29, 1.82) is 0 Å². The highest BCUT2D eigenvalue weighted by Crippen LogP contribution is 2.27. The Morgan fingerprint density at radius 2 is 2.05 bits per heavy atom. The van der Waals surface area contributed by atoms with Crippen LogP contribution < -0.4 is 10.6 Å². The van der Waals surface area contributed by atoms with Gasteiger partial charge in [-0.15, -0.1) is 0 Å². The van der Waals surface area contributed by atoms with Crippen molar-refractivity contribution in [1.82, 2.24) is 10.6 Å². The third-order valence-corrected chi connectivity index (χ3v) is 4.81. The van der Waals surface area contributed by atoms with Crippen molar-refractivity contribution >= 4 is 37.8 Å². The Hall–Kier alpha value is -0.390. The molecule has 0 unspecified atom stereocenters. The third kappa shape index (κ3) is 4.04. The number of rotatable bonds is 3. The molecule has 0 bridgehead atoms. The Bertz CT molecular complexity index is 471. The fourth-order valence-corrected chi connectivity index (χ4v) is 3.50. The van der Waals surface area contributed by atoms with Gasteiger partial charge in [0.2, 0.25) is 0 Å². The largest absolute Gasteiger partial charge is 0.351 e. The van der Waals surface area contributed by atoms with Crippen molar-refractivity contribution in [2.24, 2.45) is 5.41 Å². The van der Waals surface area contributed by atoms with Gasteiger partial charge in [0.1, 0.15) is 0 Å². The first-order chi connectivity index (χ1) is 9.00. The summed E-state index contributed by atoms with van der Waals surface area (Å²) in [5.74, 6) is -0.0147. The van der Waals surface area contributed by atoms with Crippen LogP contribution in [-0.2, 0) is 0 Å². The molecule has 1 aliphatic rings. The van der Waals surface area contributed by atoms with E-state index in [1.165, 1.54) is 0 Å². The molecule has 0 aliphatic carbocycles. The highest BCUT2D eigenvalue weighted by atomic mass is 79.9. The molecule has 0 atom stereocenters. The van der Waals surface area contributed by atoms with E-state index >= 15 is 0 Å². The van der Waals surface area contributed by atoms with Crippen LogP contribution in [-0.4, -0.2) is 25.5 Å². The van der Waals surface area contributed by atoms with Crippen molar-refractivity contribution in [3.05, 3.63) is 32.7 Å². The molecule has 0 aromatic heterocycles. The quantitative estimate of drug-likeness (QED) is 0.832. The Labute approximate surface area is 130 Å². The Morgan fingerprint density at radius 1 is 1.37 bits per heavy atom. The van der Waals surface area contributed by atoms with E-state index in [-0.39, 0.29) is 11.3 Å². The Morgan fingerprint density at radius 3 is 2.68 bits per heavy atom. The molecule has 1 aromatic rings. The smallest absolute Gasteiger partial charge is 0.252 e. The van der Waals surface area contributed by atoms with Gasteiger partial charge in [-0.1, -0.05) is 22.9 Å². The van der Waals surface area contributed by atoms with Gasteiger partial charge in [-0.25, -0.2) is 0 Å². The normalized spacial score (nSPS) is 18.1. The summed E-state index contributed by atoms with van der Waals surface area (Å²) in [4.78, 5) is 12.2. The first kappa shape index (κ1) is 15.0. The van der Waals surface area contributed by atoms with E-state index in [1.807, 2.05) is 18.2 Å². The number of amides is 1. The molecule has 0 radical (unpaired) electrons. The SMILES string of the molecule is CC1(CNC(=O)c2ccc(Br)cc2Br)CCNCC1. The van der Waals surface area contributed by atoms with E-state index in [9.17, 15) is 4.79 Å². The second-order valence-corrected chi connectivity index (χ2v) is 7.14. The summed E-state index contributed by atoms with van der Waals surface area (Å²) < 4.78 is 1.77. The topological polar surface area (TPSA) is 41.1 Å². The van der Waals surface area contributed by atoms with Crippen LogP contribution in [0.5, 0.6) is 0 Å². The maximum atomic E-state index is 12.2. The van der Waals surface area contributed by atoms with E-state index in [4.69, 9.17) is 0 Å². The lowest BCUT2D eigenvalue weighted by Crippen LogP contribution is -2.42. The van der Waals surface area contributed by atoms with E-state index in [1.54, 1.807) is 0 Å². The van der Waals surface area contributed by atoms with Gasteiger partial charge in [-0.2, -0.15) is 0 Å². The Balaban J connectivity index is 1.97. The summed E-state index contributed by atoms with van der Waals surface area (Å²) in [6, 6.07) is 5.60. The van der Waals surface area contributed by atoms with Gasteiger partial charge < -0.3 is 10.6 Å². The second kappa shape index (κ2) is 6.37. The number of hydrogen-bond acceptors (Lipinski definition) is 2. The number of carbonyl (C=O) groups excluding carboxylic acids is 1. The van der Waals surface area contributed by atoms with Crippen LogP contribution >= 0.6 is 31.9 Å². The summed E-state index contributed by atoms with van der Waals surface area (Å²) in [6.07, 6.45) is 2.21. The summed E-state index contributed by atoms with van der Waals surface area (Å²) >= 11 is 6.81. The zero-order valence-electron chi connectivity index (χ0n) is 10.9. The van der Waals surface area contributed by atoms with Gasteiger partial charge in [0.25, 0.3) is 5.91 Å². The van der Waals surface area contributed by atoms with E-state index in [2.05, 4.69) is 49.4 Å². The first-order valence-corrected chi connectivity index (χ1v) is 8.03. The number of carbonyl (C=O) groups is 1. The average molecular weight is 390 g/mol. The number of benzene rings is 1. The van der Waals surface area contributed by atoms with E-state index < -0.39 is 0 Å². The molecular formula is C14H18Br2N2O. The minimum atomic E-state index is -0.0147. The van der Waals surface area contributed by atoms with Crippen LogP contribution in [0.3, 0.4) is 0 Å². The van der Waals surface area contributed by atoms with Crippen LogP contribution in [0.25, 0.3) is 0 Å². The van der Waals surface area contributed by atoms with Gasteiger partial charge in [0.15, 0.2) is 0 Å². The predicted molar refractivity (Wildman–Crippen MR) is 84.4 cm³/mol. The van der Waals surface area contributed by atoms with Crippen LogP contribution in [0.15, 0.2) is 27.1 Å². The summed E-state index contributed by atoms with van der Waals surface area (Å²) in [5.41, 5.74) is 0.892. The lowest BCUT2D eigenvalue weighted by atomic mass is 9.81. The van der Waals surface area contributed by atoms with Crippen molar-refractivity contribution in [3.63, 3.8) is 0 Å². The lowest BCUT2D eigenvalue weighted by Gasteiger charge is -2.34. The van der Waals surface area contributed by atoms with Crippen molar-refractivity contribution in [2.75, 3.05) is 19.6 Å². The fraction of sp³-hybridized carbons (Fsp3) is 0.500. The van der Waals surface area contributed by atoms with Crippen molar-refractivity contribution < 1.29 is 4.79 Å². The second-order valence-electron chi connectivity index (χ2n) is 5.37. The summed E-state index contributed by atoms with van der Waals surface area (Å²) in [6.45, 7) is 5.05. The summed E-state index contributed by atoms with van der Waals surface area (Å²) in [5, 5.41) is 6.41. The van der Waals surface area contributed by atoms with Crippen molar-refractivity contribution in [3.8, 4) is 0 Å². The van der Waals surface area contributed by atoms with Crippen molar-refractivity contribution in [2.45, 2.75) is 19.8 Å². The molecule has 2 N–H and O–H groups in total. The first-order valence-electron chi connectivity index (χ1n) is 6.44. The maximum absolute atomic E-state index is 12.2. The molecule has 1 aliphatic heterocycles. The molecular weight excluding hydrogens is 372 g/mol. The van der Waals surface area contributed by atoms with Gasteiger partial charge in [-0.3, -0.25) is 4.79 Å². The molecule has 1 aromatic carbocycles. The van der Waals surface area contributed by atoms with E-state index in [0.717, 1.165) is 41.4 Å². The molecule has 19 heavy (non-hydrogen) atoms. The standard InChI is InChI=1S/C14H18Br2N2O/c1-14(4-6-17-7-5-14)9-18-13(19)11-3-2-10(15)8-12(11)16/h2-3,8,17H,4-7,9H2,1H3,(H,18,19). The highest BCUT2D eigenvalue weighted by molar-refractivity contribution is 9.11. The minimum absolute atomic E-state index is 0.0147. The van der Waals surface area contributed by atoms with E-state index in [0.29, 0.717) is 5.56 Å². The van der Waals surface area contributed by atoms with Crippen LogP contribution in [0.1, 0.15) is 30.1 Å². The molecule has 2 rings (SSSR count). The van der Waals surface area contributed by atoms with Gasteiger partial charge in [-0.05, 0) is 65.5 Å². The van der Waals surface area contributed by atoms with Crippen LogP contribution in [0, 0.1) is 5.41 Å². The molecule has 1 saturated heterocycles. The lowest BCUT2D eigenvalue weighted by molar-refractivity contribution is 0.0921. The van der Waals surface area contributed by atoms with Gasteiger partial charge in [0.05, 0.1) is 5.56 Å². The Kier molecular flexibility index (Phi) is 5.03. The van der Waals surface area contributed by atoms with Gasteiger partial charge >= 0.3 is 0 Å². The number of hydrogen-bond donors (Lipinski definition) is 2. The number of halogens is 2. The van der Waals surface area contributed by atoms with Crippen LogP contribution in [0.4, 0.5) is 0 Å². The molecule has 3 nitrogen and oxygen atoms in total. The minimum Gasteiger partial charge on any atom is -0.351 e. The predicted octanol–water partition coefficient (Wildman–Crippen LogP) is 3.33. The molecule has 1 heterocycles. The zero-order chi connectivity index (χ0) is 13.9. The highest BCUT2D eigenvalue weighted by Gasteiger charge is 2.27. The van der Waals surface area contributed by atoms with Crippen LogP contribution in [0.2, 0.25) is 0 Å². The molecule has 1 fully saturated rings. The third-order valence-electron chi connectivity index (χ3n) is 3.66. The number of nitrogens with one attached hydrogen (secondary N) is 2. The summed E-state index contributed by atoms with van der Waals surface area (Å²) in [7, 11) is 0. The fourth-order valence-electron chi connectivity index (χ4n) is 2.27. The molecule has 1 amide bonds. The molecule has 5 heteroatoms. The zero-order valence-corrected chi connectivity index (χ0v) is 14.1. The van der Waals surface area contributed by atoms with Gasteiger partial charge in [0, 0.05) is 15.5 Å². The molecule has 0 saturated carbocycles. The monoisotopic (exact) mass is 388 g/mol. The average Bonchev–Trinajstić information content (AvgIpc) is 2.37. The molecule has 0 spiro atoms. The molecule has 104 valence electrons. The maximum Gasteiger partial charge on any atom is 0.252 e. The number of piperidine rings is 1.